The predicted octanol–water partition coefficient (Wildman–Crippen LogP) is 3.86. The number of aliphatic hydroxyl groups is 1. The Bertz CT molecular complexity index is 1540. The van der Waals surface area contributed by atoms with Crippen molar-refractivity contribution in [2.45, 2.75) is 10.9 Å². The Balaban J connectivity index is 1.63. The summed E-state index contributed by atoms with van der Waals surface area (Å²) in [6.45, 7) is 0. The van der Waals surface area contributed by atoms with E-state index in [0.29, 0.717) is 16.5 Å². The second kappa shape index (κ2) is 7.98. The number of para-hydroxylation sites is 1. The number of nitrogens with two attached hydrogens (primary N) is 1. The van der Waals surface area contributed by atoms with Crippen molar-refractivity contribution < 1.29 is 27.5 Å². The van der Waals surface area contributed by atoms with Crippen molar-refractivity contribution in [2.75, 3.05) is 4.90 Å². The lowest BCUT2D eigenvalue weighted by Gasteiger charge is -2.26. The number of hydrogen-bond donors (Lipinski definition) is 2. The number of carbonyl (C=O) groups is 2. The molecule has 8 nitrogen and oxygen atoms in total. The van der Waals surface area contributed by atoms with Crippen molar-refractivity contribution in [1.82, 2.24) is 0 Å². The molecule has 1 unspecified atom stereocenters. The van der Waals surface area contributed by atoms with Gasteiger partial charge in [0.05, 0.1) is 16.5 Å². The molecule has 170 valence electrons. The first-order valence-electron chi connectivity index (χ1n) is 10.2. The normalized spacial score (nSPS) is 16.4. The molecule has 0 bridgehead atoms. The molecule has 0 radical (unpaired) electrons. The number of Topliss-reactive ketones (excluding diaryl/α,β-unsaturated/α-hetero) is 1. The van der Waals surface area contributed by atoms with Gasteiger partial charge in [-0.25, -0.2) is 13.6 Å². The molecule has 3 aromatic carbocycles. The van der Waals surface area contributed by atoms with Crippen molar-refractivity contribution >= 4 is 38.4 Å². The highest BCUT2D eigenvalue weighted by Gasteiger charge is 2.45. The summed E-state index contributed by atoms with van der Waals surface area (Å²) in [5.41, 5.74) is 1.23. The lowest BCUT2D eigenvalue weighted by atomic mass is 9.95. The first-order chi connectivity index (χ1) is 16.3. The van der Waals surface area contributed by atoms with Crippen LogP contribution < -0.4 is 10.0 Å². The Labute approximate surface area is 194 Å². The second-order valence-electron chi connectivity index (χ2n) is 7.77. The molecular weight excluding hydrogens is 456 g/mol. The van der Waals surface area contributed by atoms with Gasteiger partial charge in [-0.2, -0.15) is 0 Å². The van der Waals surface area contributed by atoms with Gasteiger partial charge in [0.2, 0.25) is 15.8 Å². The largest absolute Gasteiger partial charge is 0.503 e. The Hall–Kier alpha value is -4.21. The van der Waals surface area contributed by atoms with Crippen molar-refractivity contribution in [2.24, 2.45) is 5.14 Å². The van der Waals surface area contributed by atoms with E-state index in [1.807, 2.05) is 6.07 Å². The highest BCUT2D eigenvalue weighted by molar-refractivity contribution is 7.89. The third kappa shape index (κ3) is 3.57. The SMILES string of the molecule is NS(=O)(=O)c1ccc(N2C(=O)C(O)=C(C(=O)c3cc4ccccc4o3)C2c2ccccc2)cc1. The standard InChI is InChI=1S/C25H18N2O6S/c26-34(31,32)18-12-10-17(11-13-18)27-22(15-6-2-1-3-7-15)21(24(29)25(27)30)23(28)20-14-16-8-4-5-9-19(16)33-20/h1-14,22,29H,(H2,26,31,32). The van der Waals surface area contributed by atoms with Crippen LogP contribution in [0.3, 0.4) is 0 Å². The number of amides is 1. The molecule has 2 heterocycles. The van der Waals surface area contributed by atoms with Gasteiger partial charge in [0.25, 0.3) is 5.91 Å². The molecule has 34 heavy (non-hydrogen) atoms. The molecule has 0 saturated heterocycles. The summed E-state index contributed by atoms with van der Waals surface area (Å²) in [4.78, 5) is 27.8. The number of aliphatic hydroxyl groups excluding tert-OH is 1. The second-order valence-corrected chi connectivity index (χ2v) is 9.33. The van der Waals surface area contributed by atoms with Gasteiger partial charge in [0.15, 0.2) is 11.5 Å². The fourth-order valence-corrected chi connectivity index (χ4v) is 4.59. The van der Waals surface area contributed by atoms with E-state index in [0.717, 1.165) is 0 Å². The van der Waals surface area contributed by atoms with Gasteiger partial charge in [0.1, 0.15) is 5.58 Å². The minimum atomic E-state index is -3.94. The number of nitrogens with zero attached hydrogens (tertiary/aromatic N) is 1. The molecule has 4 aromatic rings. The van der Waals surface area contributed by atoms with Crippen LogP contribution in [-0.4, -0.2) is 25.2 Å². The summed E-state index contributed by atoms with van der Waals surface area (Å²) < 4.78 is 29.0. The van der Waals surface area contributed by atoms with Crippen molar-refractivity contribution in [3.63, 3.8) is 0 Å². The van der Waals surface area contributed by atoms with Crippen LogP contribution in [0.25, 0.3) is 11.0 Å². The average Bonchev–Trinajstić information content (AvgIpc) is 3.38. The first kappa shape index (κ1) is 21.6. The maximum Gasteiger partial charge on any atom is 0.294 e. The van der Waals surface area contributed by atoms with Gasteiger partial charge in [-0.05, 0) is 42.0 Å². The molecule has 1 amide bonds. The summed E-state index contributed by atoms with van der Waals surface area (Å²) in [5, 5.41) is 16.7. The van der Waals surface area contributed by atoms with E-state index in [1.165, 1.54) is 29.2 Å². The zero-order valence-corrected chi connectivity index (χ0v) is 18.4. The molecule has 1 atom stereocenters. The number of primary sulfonamides is 1. The van der Waals surface area contributed by atoms with Crippen molar-refractivity contribution in [1.29, 1.82) is 0 Å². The summed E-state index contributed by atoms with van der Waals surface area (Å²) in [6, 6.07) is 21.8. The quantitative estimate of drug-likeness (QED) is 0.422. The van der Waals surface area contributed by atoms with Gasteiger partial charge in [-0.3, -0.25) is 14.5 Å². The van der Waals surface area contributed by atoms with Crippen LogP contribution in [0.1, 0.15) is 22.2 Å². The highest BCUT2D eigenvalue weighted by Crippen LogP contribution is 2.42. The topological polar surface area (TPSA) is 131 Å². The summed E-state index contributed by atoms with van der Waals surface area (Å²) in [6.07, 6.45) is 0. The Kier molecular flexibility index (Phi) is 5.07. The van der Waals surface area contributed by atoms with Crippen LogP contribution in [0.5, 0.6) is 0 Å². The Morgan fingerprint density at radius 1 is 0.941 bits per heavy atom. The first-order valence-corrected chi connectivity index (χ1v) is 11.8. The molecule has 1 aliphatic rings. The van der Waals surface area contributed by atoms with Crippen LogP contribution in [0, 0.1) is 0 Å². The third-order valence-electron chi connectivity index (χ3n) is 5.66. The molecule has 0 spiro atoms. The Morgan fingerprint density at radius 3 is 2.24 bits per heavy atom. The number of ketones is 1. The Morgan fingerprint density at radius 2 is 1.59 bits per heavy atom. The number of furan rings is 1. The molecule has 9 heteroatoms. The average molecular weight is 474 g/mol. The van der Waals surface area contributed by atoms with E-state index < -0.39 is 33.5 Å². The van der Waals surface area contributed by atoms with Gasteiger partial charge >= 0.3 is 0 Å². The van der Waals surface area contributed by atoms with Gasteiger partial charge in [-0.1, -0.05) is 48.5 Å². The fraction of sp³-hybridized carbons (Fsp3) is 0.0400. The number of rotatable bonds is 5. The summed E-state index contributed by atoms with van der Waals surface area (Å²) in [5.74, 6) is -2.13. The number of carbonyl (C=O) groups excluding carboxylic acids is 2. The minimum Gasteiger partial charge on any atom is -0.503 e. The van der Waals surface area contributed by atoms with E-state index in [4.69, 9.17) is 9.56 Å². The van der Waals surface area contributed by atoms with E-state index >= 15 is 0 Å². The van der Waals surface area contributed by atoms with E-state index in [-0.39, 0.29) is 21.9 Å². The lowest BCUT2D eigenvalue weighted by molar-refractivity contribution is -0.117. The van der Waals surface area contributed by atoms with E-state index in [1.54, 1.807) is 54.6 Å². The van der Waals surface area contributed by atoms with Crippen LogP contribution in [-0.2, 0) is 14.8 Å². The van der Waals surface area contributed by atoms with Gasteiger partial charge in [-0.15, -0.1) is 0 Å². The zero-order valence-electron chi connectivity index (χ0n) is 17.6. The maximum atomic E-state index is 13.5. The number of fused-ring (bicyclic) bond motifs is 1. The summed E-state index contributed by atoms with van der Waals surface area (Å²) >= 11 is 0. The molecule has 3 N–H and O–H groups in total. The molecule has 0 fully saturated rings. The van der Waals surface area contributed by atoms with Gasteiger partial charge < -0.3 is 9.52 Å². The molecule has 0 saturated carbocycles. The van der Waals surface area contributed by atoms with E-state index in [9.17, 15) is 23.1 Å². The predicted molar refractivity (Wildman–Crippen MR) is 125 cm³/mol. The zero-order chi connectivity index (χ0) is 24.0. The van der Waals surface area contributed by atoms with Crippen LogP contribution in [0.2, 0.25) is 0 Å². The third-order valence-corrected chi connectivity index (χ3v) is 6.59. The number of benzene rings is 3. The smallest absolute Gasteiger partial charge is 0.294 e. The minimum absolute atomic E-state index is 0.0112. The number of hydrogen-bond acceptors (Lipinski definition) is 6. The molecular formula is C25H18N2O6S. The van der Waals surface area contributed by atoms with Crippen molar-refractivity contribution in [3.8, 4) is 0 Å². The molecule has 1 aromatic heterocycles. The maximum absolute atomic E-state index is 13.5. The fourth-order valence-electron chi connectivity index (χ4n) is 4.08. The molecule has 5 rings (SSSR count). The molecule has 0 aliphatic carbocycles. The van der Waals surface area contributed by atoms with Crippen LogP contribution in [0.15, 0.2) is 106 Å². The number of sulfonamides is 1. The number of anilines is 1. The van der Waals surface area contributed by atoms with Gasteiger partial charge in [0, 0.05) is 11.1 Å². The van der Waals surface area contributed by atoms with Crippen molar-refractivity contribution in [3.05, 3.63) is 108 Å². The monoisotopic (exact) mass is 474 g/mol. The summed E-state index contributed by atoms with van der Waals surface area (Å²) in [7, 11) is -3.94. The molecule has 1 aliphatic heterocycles. The highest BCUT2D eigenvalue weighted by atomic mass is 32.2. The van der Waals surface area contributed by atoms with Crippen LogP contribution >= 0.6 is 0 Å². The lowest BCUT2D eigenvalue weighted by Crippen LogP contribution is -2.31. The van der Waals surface area contributed by atoms with Crippen LogP contribution in [0.4, 0.5) is 5.69 Å². The van der Waals surface area contributed by atoms with E-state index in [2.05, 4.69) is 0 Å².